The summed E-state index contributed by atoms with van der Waals surface area (Å²) in [7, 11) is 0. The first-order valence-electron chi connectivity index (χ1n) is 9.63. The fourth-order valence-corrected chi connectivity index (χ4v) is 4.10. The largest absolute Gasteiger partial charge is 0.465 e. The normalized spacial score (nSPS) is 15.4. The molecule has 0 saturated heterocycles. The van der Waals surface area contributed by atoms with E-state index in [1.54, 1.807) is 12.3 Å². The van der Waals surface area contributed by atoms with Crippen LogP contribution in [0.15, 0.2) is 48.7 Å². The zero-order valence-electron chi connectivity index (χ0n) is 16.4. The Morgan fingerprint density at radius 3 is 2.87 bits per heavy atom. The Balaban J connectivity index is 1.90. The third-order valence-electron chi connectivity index (χ3n) is 5.22. The van der Waals surface area contributed by atoms with Gasteiger partial charge >= 0.3 is 6.09 Å². The van der Waals surface area contributed by atoms with Gasteiger partial charge in [0.2, 0.25) is 0 Å². The number of rotatable bonds is 5. The van der Waals surface area contributed by atoms with Crippen molar-refractivity contribution in [2.45, 2.75) is 19.4 Å². The van der Waals surface area contributed by atoms with E-state index < -0.39 is 6.09 Å². The van der Waals surface area contributed by atoms with Crippen LogP contribution in [0.3, 0.4) is 0 Å². The van der Waals surface area contributed by atoms with Gasteiger partial charge in [-0.1, -0.05) is 35.4 Å². The molecule has 0 bridgehead atoms. The number of hydrogen-bond donors (Lipinski definition) is 3. The number of carboxylic acid groups (broad SMARTS) is 1. The molecule has 0 spiro atoms. The van der Waals surface area contributed by atoms with E-state index >= 15 is 0 Å². The standard InChI is InChI=1S/C22H21ClN4O3/c1-13-3-2-4-15(9-13)20-17(14-5-7-24-19(23)10-14)11-18-21(28)26-12-16(27(18)20)6-8-25-22(29)30/h2-5,7,9-11,16,25H,6,8,12H2,1H3,(H,26,28)(H,29,30). The van der Waals surface area contributed by atoms with E-state index in [-0.39, 0.29) is 18.5 Å². The maximum Gasteiger partial charge on any atom is 0.404 e. The van der Waals surface area contributed by atoms with Gasteiger partial charge in [0.25, 0.3) is 5.91 Å². The number of aromatic nitrogens is 2. The van der Waals surface area contributed by atoms with Gasteiger partial charge in [0.1, 0.15) is 10.8 Å². The molecular weight excluding hydrogens is 404 g/mol. The molecule has 1 aliphatic heterocycles. The first-order chi connectivity index (χ1) is 14.4. The van der Waals surface area contributed by atoms with Gasteiger partial charge in [0.15, 0.2) is 0 Å². The lowest BCUT2D eigenvalue weighted by Gasteiger charge is -2.29. The van der Waals surface area contributed by atoms with Crippen molar-refractivity contribution < 1.29 is 14.7 Å². The number of carbonyl (C=O) groups is 2. The molecule has 3 aromatic rings. The minimum atomic E-state index is -1.06. The van der Waals surface area contributed by atoms with Crippen molar-refractivity contribution in [1.82, 2.24) is 20.2 Å². The van der Waals surface area contributed by atoms with Gasteiger partial charge in [-0.05, 0) is 48.7 Å². The van der Waals surface area contributed by atoms with Crippen LogP contribution in [0.4, 0.5) is 4.79 Å². The highest BCUT2D eigenvalue weighted by Gasteiger charge is 2.30. The summed E-state index contributed by atoms with van der Waals surface area (Å²) in [6.07, 6.45) is 1.13. The fraction of sp³-hybridized carbons (Fsp3) is 0.227. The van der Waals surface area contributed by atoms with Crippen LogP contribution in [0.5, 0.6) is 0 Å². The Morgan fingerprint density at radius 1 is 1.30 bits per heavy atom. The van der Waals surface area contributed by atoms with Crippen molar-refractivity contribution in [3.05, 3.63) is 65.1 Å². The van der Waals surface area contributed by atoms with E-state index in [9.17, 15) is 9.59 Å². The van der Waals surface area contributed by atoms with Crippen LogP contribution in [0.1, 0.15) is 28.5 Å². The summed E-state index contributed by atoms with van der Waals surface area (Å²) in [6.45, 7) is 2.74. The van der Waals surface area contributed by atoms with E-state index in [1.165, 1.54) is 0 Å². The maximum atomic E-state index is 12.7. The SMILES string of the molecule is Cc1cccc(-c2c(-c3ccnc(Cl)c3)cc3n2C(CCNC(=O)O)CNC3=O)c1. The second-order valence-corrected chi connectivity index (χ2v) is 7.67. The van der Waals surface area contributed by atoms with E-state index in [1.807, 2.05) is 41.8 Å². The predicted molar refractivity (Wildman–Crippen MR) is 115 cm³/mol. The molecule has 3 N–H and O–H groups in total. The van der Waals surface area contributed by atoms with E-state index in [0.29, 0.717) is 23.8 Å². The van der Waals surface area contributed by atoms with Crippen LogP contribution in [0, 0.1) is 6.92 Å². The maximum absolute atomic E-state index is 12.7. The van der Waals surface area contributed by atoms with Crippen molar-refractivity contribution >= 4 is 23.6 Å². The molecular formula is C22H21ClN4O3. The lowest BCUT2D eigenvalue weighted by molar-refractivity contribution is 0.0913. The molecule has 1 aromatic carbocycles. The average Bonchev–Trinajstić information content (AvgIpc) is 3.11. The Kier molecular flexibility index (Phi) is 5.46. The van der Waals surface area contributed by atoms with Gasteiger partial charge in [-0.25, -0.2) is 9.78 Å². The van der Waals surface area contributed by atoms with Crippen LogP contribution < -0.4 is 10.6 Å². The highest BCUT2D eigenvalue weighted by Crippen LogP contribution is 2.39. The zero-order chi connectivity index (χ0) is 21.3. The molecule has 2 amide bonds. The molecule has 1 atom stereocenters. The summed E-state index contributed by atoms with van der Waals surface area (Å²) in [5, 5.41) is 14.6. The molecule has 4 rings (SSSR count). The lowest BCUT2D eigenvalue weighted by Crippen LogP contribution is -2.40. The number of nitrogens with one attached hydrogen (secondary N) is 2. The third-order valence-corrected chi connectivity index (χ3v) is 5.42. The van der Waals surface area contributed by atoms with Crippen LogP contribution >= 0.6 is 11.6 Å². The summed E-state index contributed by atoms with van der Waals surface area (Å²) in [5.41, 5.74) is 5.28. The molecule has 1 unspecified atom stereocenters. The molecule has 0 fully saturated rings. The molecule has 8 heteroatoms. The molecule has 30 heavy (non-hydrogen) atoms. The molecule has 0 aliphatic carbocycles. The molecule has 0 radical (unpaired) electrons. The number of fused-ring (bicyclic) bond motifs is 1. The van der Waals surface area contributed by atoms with Gasteiger partial charge in [0.05, 0.1) is 11.7 Å². The molecule has 1 aliphatic rings. The van der Waals surface area contributed by atoms with Gasteiger partial charge in [-0.15, -0.1) is 0 Å². The quantitative estimate of drug-likeness (QED) is 0.537. The average molecular weight is 425 g/mol. The number of pyridine rings is 1. The highest BCUT2D eigenvalue weighted by atomic mass is 35.5. The Labute approximate surface area is 178 Å². The van der Waals surface area contributed by atoms with E-state index in [4.69, 9.17) is 16.7 Å². The van der Waals surface area contributed by atoms with Crippen molar-refractivity contribution in [2.75, 3.05) is 13.1 Å². The topological polar surface area (TPSA) is 96.2 Å². The number of aryl methyl sites for hydroxylation is 1. The zero-order valence-corrected chi connectivity index (χ0v) is 17.1. The van der Waals surface area contributed by atoms with Crippen molar-refractivity contribution in [1.29, 1.82) is 0 Å². The number of hydrogen-bond acceptors (Lipinski definition) is 3. The number of benzene rings is 1. The molecule has 2 aromatic heterocycles. The summed E-state index contributed by atoms with van der Waals surface area (Å²) in [4.78, 5) is 27.6. The monoisotopic (exact) mass is 424 g/mol. The van der Waals surface area contributed by atoms with Gasteiger partial charge in [0, 0.05) is 24.8 Å². The number of carbonyl (C=O) groups excluding carboxylic acids is 1. The van der Waals surface area contributed by atoms with Crippen molar-refractivity contribution in [2.24, 2.45) is 0 Å². The summed E-state index contributed by atoms with van der Waals surface area (Å²) in [5.74, 6) is -0.155. The molecule has 154 valence electrons. The van der Waals surface area contributed by atoms with Gasteiger partial charge < -0.3 is 20.3 Å². The van der Waals surface area contributed by atoms with Crippen LogP contribution in [-0.2, 0) is 0 Å². The van der Waals surface area contributed by atoms with Crippen molar-refractivity contribution in [3.63, 3.8) is 0 Å². The van der Waals surface area contributed by atoms with Gasteiger partial charge in [-0.2, -0.15) is 0 Å². The van der Waals surface area contributed by atoms with E-state index in [2.05, 4.69) is 21.7 Å². The van der Waals surface area contributed by atoms with Crippen LogP contribution in [0.2, 0.25) is 5.15 Å². The minimum Gasteiger partial charge on any atom is -0.465 e. The molecule has 0 saturated carbocycles. The summed E-state index contributed by atoms with van der Waals surface area (Å²) >= 11 is 6.14. The first-order valence-corrected chi connectivity index (χ1v) is 10.0. The Bertz CT molecular complexity index is 1130. The van der Waals surface area contributed by atoms with Crippen molar-refractivity contribution in [3.8, 4) is 22.4 Å². The second kappa shape index (κ2) is 8.20. The first kappa shape index (κ1) is 20.0. The smallest absolute Gasteiger partial charge is 0.404 e. The molecule has 3 heterocycles. The Hall–Kier alpha value is -3.32. The number of halogens is 1. The fourth-order valence-electron chi connectivity index (χ4n) is 3.93. The van der Waals surface area contributed by atoms with Crippen LogP contribution in [-0.4, -0.2) is 39.7 Å². The minimum absolute atomic E-state index is 0.0916. The lowest BCUT2D eigenvalue weighted by atomic mass is 10.0. The molecule has 7 nitrogen and oxygen atoms in total. The van der Waals surface area contributed by atoms with Gasteiger partial charge in [-0.3, -0.25) is 4.79 Å². The number of nitrogens with zero attached hydrogens (tertiary/aromatic N) is 2. The Morgan fingerprint density at radius 2 is 2.13 bits per heavy atom. The van der Waals surface area contributed by atoms with Crippen LogP contribution in [0.25, 0.3) is 22.4 Å². The van der Waals surface area contributed by atoms with E-state index in [0.717, 1.165) is 27.9 Å². The second-order valence-electron chi connectivity index (χ2n) is 7.28. The number of amides is 2. The predicted octanol–water partition coefficient (Wildman–Crippen LogP) is 4.12. The summed E-state index contributed by atoms with van der Waals surface area (Å²) < 4.78 is 2.03. The third kappa shape index (κ3) is 3.89. The summed E-state index contributed by atoms with van der Waals surface area (Å²) in [6, 6.07) is 13.5. The highest BCUT2D eigenvalue weighted by molar-refractivity contribution is 6.29.